The lowest BCUT2D eigenvalue weighted by molar-refractivity contribution is -0.115. The largest absolute Gasteiger partial charge is 0.493 e. The van der Waals surface area contributed by atoms with Gasteiger partial charge in [-0.15, -0.1) is 0 Å². The zero-order valence-electron chi connectivity index (χ0n) is 16.4. The summed E-state index contributed by atoms with van der Waals surface area (Å²) in [5.41, 5.74) is 3.81. The van der Waals surface area contributed by atoms with Gasteiger partial charge < -0.3 is 19.8 Å². The highest BCUT2D eigenvalue weighted by Crippen LogP contribution is 2.31. The van der Waals surface area contributed by atoms with Crippen molar-refractivity contribution in [2.45, 2.75) is 13.3 Å². The Balaban J connectivity index is 1.43. The third-order valence-corrected chi connectivity index (χ3v) is 4.80. The number of ether oxygens (including phenoxy) is 2. The zero-order valence-corrected chi connectivity index (χ0v) is 16.4. The smallest absolute Gasteiger partial charge is 0.228 e. The van der Waals surface area contributed by atoms with Crippen LogP contribution in [0, 0.1) is 6.92 Å². The van der Waals surface area contributed by atoms with Gasteiger partial charge in [0.15, 0.2) is 11.5 Å². The van der Waals surface area contributed by atoms with Crippen LogP contribution in [0.2, 0.25) is 0 Å². The van der Waals surface area contributed by atoms with Crippen LogP contribution in [0.5, 0.6) is 17.2 Å². The summed E-state index contributed by atoms with van der Waals surface area (Å²) in [6.45, 7) is 1.99. The summed E-state index contributed by atoms with van der Waals surface area (Å²) in [6, 6.07) is 22.8. The number of H-pyrrole nitrogens is 1. The van der Waals surface area contributed by atoms with Crippen molar-refractivity contribution in [1.29, 1.82) is 0 Å². The van der Waals surface area contributed by atoms with Crippen LogP contribution >= 0.6 is 0 Å². The predicted octanol–water partition coefficient (Wildman–Crippen LogP) is 5.46. The predicted molar refractivity (Wildman–Crippen MR) is 115 cm³/mol. The number of carbonyl (C=O) groups is 1. The number of aromatic amines is 1. The zero-order chi connectivity index (χ0) is 20.2. The number of hydrogen-bond donors (Lipinski definition) is 2. The fourth-order valence-corrected chi connectivity index (χ4v) is 3.36. The number of anilines is 1. The normalized spacial score (nSPS) is 10.7. The van der Waals surface area contributed by atoms with E-state index < -0.39 is 0 Å². The molecule has 0 unspecified atom stereocenters. The van der Waals surface area contributed by atoms with Crippen molar-refractivity contribution in [3.63, 3.8) is 0 Å². The molecule has 0 saturated heterocycles. The first-order valence-corrected chi connectivity index (χ1v) is 9.41. The number of fused-ring (bicyclic) bond motifs is 1. The molecule has 5 nitrogen and oxygen atoms in total. The van der Waals surface area contributed by atoms with Crippen LogP contribution in [0.3, 0.4) is 0 Å². The number of aromatic nitrogens is 1. The van der Waals surface area contributed by atoms with Crippen molar-refractivity contribution in [1.82, 2.24) is 4.98 Å². The van der Waals surface area contributed by atoms with Gasteiger partial charge in [0, 0.05) is 22.3 Å². The summed E-state index contributed by atoms with van der Waals surface area (Å²) >= 11 is 0. The molecule has 4 aromatic rings. The van der Waals surface area contributed by atoms with E-state index in [1.165, 1.54) is 0 Å². The second-order valence-electron chi connectivity index (χ2n) is 6.78. The van der Waals surface area contributed by atoms with Crippen LogP contribution in [0.15, 0.2) is 72.8 Å². The lowest BCUT2D eigenvalue weighted by atomic mass is 10.1. The number of carbonyl (C=O) groups excluding carboxylic acids is 1. The minimum atomic E-state index is -0.0590. The number of rotatable bonds is 6. The maximum atomic E-state index is 12.6. The monoisotopic (exact) mass is 386 g/mol. The van der Waals surface area contributed by atoms with Gasteiger partial charge in [0.2, 0.25) is 5.91 Å². The number of benzene rings is 3. The second kappa shape index (κ2) is 8.10. The fourth-order valence-electron chi connectivity index (χ4n) is 3.36. The van der Waals surface area contributed by atoms with Gasteiger partial charge in [0.05, 0.1) is 13.5 Å². The number of aryl methyl sites for hydroxylation is 1. The van der Waals surface area contributed by atoms with Gasteiger partial charge in [-0.05, 0) is 55.0 Å². The Kier molecular flexibility index (Phi) is 5.20. The van der Waals surface area contributed by atoms with Crippen LogP contribution in [0.25, 0.3) is 10.9 Å². The first kappa shape index (κ1) is 18.6. The minimum absolute atomic E-state index is 0.0590. The lowest BCUT2D eigenvalue weighted by Crippen LogP contribution is -2.14. The number of hydrogen-bond acceptors (Lipinski definition) is 3. The van der Waals surface area contributed by atoms with Crippen LogP contribution in [0.1, 0.15) is 11.3 Å². The summed E-state index contributed by atoms with van der Waals surface area (Å²) < 4.78 is 11.2. The van der Waals surface area contributed by atoms with Gasteiger partial charge in [0.1, 0.15) is 5.75 Å². The third-order valence-electron chi connectivity index (χ3n) is 4.80. The first-order valence-electron chi connectivity index (χ1n) is 9.41. The maximum Gasteiger partial charge on any atom is 0.228 e. The van der Waals surface area contributed by atoms with Crippen molar-refractivity contribution in [2.75, 3.05) is 12.4 Å². The van der Waals surface area contributed by atoms with E-state index in [1.54, 1.807) is 7.11 Å². The molecular formula is C24H22N2O3. The van der Waals surface area contributed by atoms with E-state index in [9.17, 15) is 4.79 Å². The molecule has 0 atom stereocenters. The topological polar surface area (TPSA) is 63.4 Å². The van der Waals surface area contributed by atoms with E-state index in [2.05, 4.69) is 10.3 Å². The van der Waals surface area contributed by atoms with E-state index in [-0.39, 0.29) is 5.91 Å². The van der Waals surface area contributed by atoms with Crippen molar-refractivity contribution in [3.8, 4) is 17.2 Å². The highest BCUT2D eigenvalue weighted by molar-refractivity contribution is 5.96. The minimum Gasteiger partial charge on any atom is -0.493 e. The molecule has 2 N–H and O–H groups in total. The van der Waals surface area contributed by atoms with E-state index >= 15 is 0 Å². The number of para-hydroxylation sites is 3. The summed E-state index contributed by atoms with van der Waals surface area (Å²) in [4.78, 5) is 15.9. The van der Waals surface area contributed by atoms with Crippen LogP contribution in [-0.2, 0) is 11.2 Å². The Labute approximate surface area is 169 Å². The van der Waals surface area contributed by atoms with Crippen molar-refractivity contribution in [3.05, 3.63) is 84.1 Å². The van der Waals surface area contributed by atoms with Crippen molar-refractivity contribution in [2.24, 2.45) is 0 Å². The molecule has 0 aliphatic heterocycles. The standard InChI is InChI=1S/C24H22N2O3/c1-16-20(19-7-3-4-8-21(19)25-16)15-24(27)26-17-11-13-18(14-12-17)29-23-10-6-5-9-22(23)28-2/h3-14,25H,15H2,1-2H3,(H,26,27). The quantitative estimate of drug-likeness (QED) is 0.463. The van der Waals surface area contributed by atoms with E-state index in [0.717, 1.165) is 27.8 Å². The molecule has 4 rings (SSSR count). The first-order chi connectivity index (χ1) is 14.1. The van der Waals surface area contributed by atoms with Crippen LogP contribution in [-0.4, -0.2) is 18.0 Å². The Morgan fingerprint density at radius 3 is 2.38 bits per heavy atom. The Bertz CT molecular complexity index is 1150. The summed E-state index contributed by atoms with van der Waals surface area (Å²) in [5, 5.41) is 4.04. The number of methoxy groups -OCH3 is 1. The average molecular weight is 386 g/mol. The Hall–Kier alpha value is -3.73. The molecule has 29 heavy (non-hydrogen) atoms. The molecule has 0 fully saturated rings. The number of nitrogens with one attached hydrogen (secondary N) is 2. The summed E-state index contributed by atoms with van der Waals surface area (Å²) in [5.74, 6) is 1.91. The molecule has 0 radical (unpaired) electrons. The molecule has 3 aromatic carbocycles. The van der Waals surface area contributed by atoms with Gasteiger partial charge >= 0.3 is 0 Å². The van der Waals surface area contributed by atoms with Crippen molar-refractivity contribution >= 4 is 22.5 Å². The molecule has 0 saturated carbocycles. The molecule has 0 bridgehead atoms. The Morgan fingerprint density at radius 1 is 0.931 bits per heavy atom. The van der Waals surface area contributed by atoms with E-state index in [1.807, 2.05) is 79.7 Å². The van der Waals surface area contributed by atoms with Gasteiger partial charge in [-0.1, -0.05) is 30.3 Å². The van der Waals surface area contributed by atoms with Crippen LogP contribution < -0.4 is 14.8 Å². The molecule has 1 amide bonds. The molecule has 0 spiro atoms. The molecule has 0 aliphatic carbocycles. The third kappa shape index (κ3) is 4.09. The van der Waals surface area contributed by atoms with Gasteiger partial charge in [-0.2, -0.15) is 0 Å². The summed E-state index contributed by atoms with van der Waals surface area (Å²) in [6.07, 6.45) is 0.315. The molecule has 146 valence electrons. The van der Waals surface area contributed by atoms with Crippen LogP contribution in [0.4, 0.5) is 5.69 Å². The van der Waals surface area contributed by atoms with Gasteiger partial charge in [0.25, 0.3) is 0 Å². The van der Waals surface area contributed by atoms with E-state index in [0.29, 0.717) is 23.7 Å². The molecular weight excluding hydrogens is 364 g/mol. The Morgan fingerprint density at radius 2 is 1.62 bits per heavy atom. The molecule has 0 aliphatic rings. The SMILES string of the molecule is COc1ccccc1Oc1ccc(NC(=O)Cc2c(C)[nH]c3ccccc23)cc1. The van der Waals surface area contributed by atoms with E-state index in [4.69, 9.17) is 9.47 Å². The van der Waals surface area contributed by atoms with Gasteiger partial charge in [-0.25, -0.2) is 0 Å². The second-order valence-corrected chi connectivity index (χ2v) is 6.78. The fraction of sp³-hybridized carbons (Fsp3) is 0.125. The number of amides is 1. The lowest BCUT2D eigenvalue weighted by Gasteiger charge is -2.11. The molecule has 1 heterocycles. The maximum absolute atomic E-state index is 12.6. The highest BCUT2D eigenvalue weighted by atomic mass is 16.5. The molecule has 5 heteroatoms. The molecule has 1 aromatic heterocycles. The average Bonchev–Trinajstić information content (AvgIpc) is 3.05. The summed E-state index contributed by atoms with van der Waals surface area (Å²) in [7, 11) is 1.61. The van der Waals surface area contributed by atoms with Gasteiger partial charge in [-0.3, -0.25) is 4.79 Å². The highest BCUT2D eigenvalue weighted by Gasteiger charge is 2.12. The van der Waals surface area contributed by atoms with Crippen molar-refractivity contribution < 1.29 is 14.3 Å².